The van der Waals surface area contributed by atoms with Crippen LogP contribution in [-0.2, 0) is 0 Å². The lowest BCUT2D eigenvalue weighted by Crippen LogP contribution is -1.97. The number of carbonyl (C=O) groups excluding carboxylic acids is 1. The van der Waals surface area contributed by atoms with Gasteiger partial charge in [-0.3, -0.25) is 4.79 Å². The van der Waals surface area contributed by atoms with Gasteiger partial charge in [0.25, 0.3) is 0 Å². The second-order valence-corrected chi connectivity index (χ2v) is 4.46. The van der Waals surface area contributed by atoms with E-state index in [9.17, 15) is 4.79 Å². The van der Waals surface area contributed by atoms with Crippen LogP contribution in [0.5, 0.6) is 0 Å². The SMILES string of the molecule is Cc1ccc(C(=O)C=Cc2ccc(C)o2)c(C)c1. The number of ketones is 1. The van der Waals surface area contributed by atoms with Gasteiger partial charge in [-0.15, -0.1) is 0 Å². The Hall–Kier alpha value is -2.09. The zero-order valence-corrected chi connectivity index (χ0v) is 10.9. The summed E-state index contributed by atoms with van der Waals surface area (Å²) in [6, 6.07) is 9.55. The molecule has 0 aliphatic carbocycles. The maximum absolute atomic E-state index is 12.0. The van der Waals surface area contributed by atoms with E-state index in [1.165, 1.54) is 0 Å². The van der Waals surface area contributed by atoms with E-state index < -0.39 is 0 Å². The third-order valence-electron chi connectivity index (χ3n) is 2.81. The van der Waals surface area contributed by atoms with Gasteiger partial charge in [0, 0.05) is 5.56 Å². The summed E-state index contributed by atoms with van der Waals surface area (Å²) < 4.78 is 5.38. The first-order chi connectivity index (χ1) is 8.56. The summed E-state index contributed by atoms with van der Waals surface area (Å²) in [5.41, 5.74) is 2.90. The Bertz CT molecular complexity index is 603. The lowest BCUT2D eigenvalue weighted by atomic mass is 10.0. The van der Waals surface area contributed by atoms with Crippen LogP contribution in [0.4, 0.5) is 0 Å². The first-order valence-electron chi connectivity index (χ1n) is 5.92. The molecule has 0 aliphatic heterocycles. The number of carbonyl (C=O) groups is 1. The summed E-state index contributed by atoms with van der Waals surface area (Å²) in [6.07, 6.45) is 3.25. The van der Waals surface area contributed by atoms with Crippen LogP contribution in [0.25, 0.3) is 6.08 Å². The highest BCUT2D eigenvalue weighted by Crippen LogP contribution is 2.13. The molecule has 0 unspecified atom stereocenters. The molecule has 0 aliphatic rings. The summed E-state index contributed by atoms with van der Waals surface area (Å²) in [5, 5.41) is 0. The van der Waals surface area contributed by atoms with Crippen molar-refractivity contribution in [2.45, 2.75) is 20.8 Å². The van der Waals surface area contributed by atoms with E-state index in [2.05, 4.69) is 0 Å². The fourth-order valence-corrected chi connectivity index (χ4v) is 1.88. The predicted molar refractivity (Wildman–Crippen MR) is 72.7 cm³/mol. The van der Waals surface area contributed by atoms with Gasteiger partial charge < -0.3 is 4.42 Å². The van der Waals surface area contributed by atoms with Gasteiger partial charge in [0.05, 0.1) is 0 Å². The molecular weight excluding hydrogens is 224 g/mol. The minimum Gasteiger partial charge on any atom is -0.462 e. The minimum absolute atomic E-state index is 0.00144. The van der Waals surface area contributed by atoms with Crippen molar-refractivity contribution in [1.29, 1.82) is 0 Å². The average molecular weight is 240 g/mol. The van der Waals surface area contributed by atoms with Crippen molar-refractivity contribution in [3.8, 4) is 0 Å². The Labute approximate surface area is 107 Å². The number of benzene rings is 1. The van der Waals surface area contributed by atoms with Crippen LogP contribution in [0.1, 0.15) is 33.0 Å². The highest BCUT2D eigenvalue weighted by molar-refractivity contribution is 6.07. The normalized spacial score (nSPS) is 11.1. The highest BCUT2D eigenvalue weighted by atomic mass is 16.3. The van der Waals surface area contributed by atoms with Crippen molar-refractivity contribution >= 4 is 11.9 Å². The van der Waals surface area contributed by atoms with Gasteiger partial charge in [0.15, 0.2) is 5.78 Å². The van der Waals surface area contributed by atoms with Crippen LogP contribution in [0.15, 0.2) is 40.8 Å². The molecule has 0 fully saturated rings. The smallest absolute Gasteiger partial charge is 0.186 e. The van der Waals surface area contributed by atoms with Crippen LogP contribution >= 0.6 is 0 Å². The van der Waals surface area contributed by atoms with E-state index >= 15 is 0 Å². The summed E-state index contributed by atoms with van der Waals surface area (Å²) >= 11 is 0. The maximum Gasteiger partial charge on any atom is 0.186 e. The van der Waals surface area contributed by atoms with Gasteiger partial charge in [-0.1, -0.05) is 23.8 Å². The molecule has 2 rings (SSSR count). The molecule has 0 N–H and O–H groups in total. The molecule has 0 spiro atoms. The molecule has 0 amide bonds. The Morgan fingerprint density at radius 3 is 2.50 bits per heavy atom. The quantitative estimate of drug-likeness (QED) is 0.597. The highest BCUT2D eigenvalue weighted by Gasteiger charge is 2.05. The molecule has 1 aromatic heterocycles. The molecule has 0 saturated heterocycles. The Morgan fingerprint density at radius 2 is 1.89 bits per heavy atom. The minimum atomic E-state index is 0.00144. The maximum atomic E-state index is 12.0. The lowest BCUT2D eigenvalue weighted by molar-refractivity contribution is 0.104. The van der Waals surface area contributed by atoms with E-state index in [0.29, 0.717) is 5.76 Å². The van der Waals surface area contributed by atoms with Crippen molar-refractivity contribution in [2.24, 2.45) is 0 Å². The second kappa shape index (κ2) is 5.05. The van der Waals surface area contributed by atoms with Crippen molar-refractivity contribution in [1.82, 2.24) is 0 Å². The van der Waals surface area contributed by atoms with E-state index in [1.807, 2.05) is 51.1 Å². The number of allylic oxidation sites excluding steroid dienone is 1. The predicted octanol–water partition coefficient (Wildman–Crippen LogP) is 4.10. The van der Waals surface area contributed by atoms with Crippen LogP contribution in [0, 0.1) is 20.8 Å². The first-order valence-corrected chi connectivity index (χ1v) is 5.92. The van der Waals surface area contributed by atoms with Gasteiger partial charge in [-0.2, -0.15) is 0 Å². The van der Waals surface area contributed by atoms with E-state index in [1.54, 1.807) is 12.2 Å². The molecule has 18 heavy (non-hydrogen) atoms. The fraction of sp³-hybridized carbons (Fsp3) is 0.188. The molecule has 2 nitrogen and oxygen atoms in total. The fourth-order valence-electron chi connectivity index (χ4n) is 1.88. The van der Waals surface area contributed by atoms with Crippen LogP contribution < -0.4 is 0 Å². The molecule has 92 valence electrons. The van der Waals surface area contributed by atoms with Crippen molar-refractivity contribution in [3.05, 3.63) is 64.6 Å². The van der Waals surface area contributed by atoms with Gasteiger partial charge in [0.2, 0.25) is 0 Å². The van der Waals surface area contributed by atoms with E-state index in [4.69, 9.17) is 4.42 Å². The molecule has 0 radical (unpaired) electrons. The third kappa shape index (κ3) is 2.77. The largest absolute Gasteiger partial charge is 0.462 e. The number of rotatable bonds is 3. The van der Waals surface area contributed by atoms with Gasteiger partial charge in [0.1, 0.15) is 11.5 Å². The molecular formula is C16H16O2. The summed E-state index contributed by atoms with van der Waals surface area (Å²) in [5.74, 6) is 1.54. The molecule has 1 heterocycles. The standard InChI is InChI=1S/C16H16O2/c1-11-4-8-15(12(2)10-11)16(17)9-7-14-6-5-13(3)18-14/h4-10H,1-3H3. The van der Waals surface area contributed by atoms with Crippen molar-refractivity contribution in [3.63, 3.8) is 0 Å². The summed E-state index contributed by atoms with van der Waals surface area (Å²) in [7, 11) is 0. The molecule has 1 aromatic carbocycles. The topological polar surface area (TPSA) is 30.2 Å². The summed E-state index contributed by atoms with van der Waals surface area (Å²) in [4.78, 5) is 12.0. The number of hydrogen-bond donors (Lipinski definition) is 0. The second-order valence-electron chi connectivity index (χ2n) is 4.46. The first kappa shape index (κ1) is 12.4. The molecule has 2 aromatic rings. The molecule has 2 heteroatoms. The van der Waals surface area contributed by atoms with Gasteiger partial charge >= 0.3 is 0 Å². The zero-order valence-electron chi connectivity index (χ0n) is 10.9. The summed E-state index contributed by atoms with van der Waals surface area (Å²) in [6.45, 7) is 5.84. The molecule has 0 bridgehead atoms. The van der Waals surface area contributed by atoms with E-state index in [-0.39, 0.29) is 5.78 Å². The average Bonchev–Trinajstić information content (AvgIpc) is 2.72. The van der Waals surface area contributed by atoms with Crippen LogP contribution in [-0.4, -0.2) is 5.78 Å². The lowest BCUT2D eigenvalue weighted by Gasteiger charge is -2.02. The Morgan fingerprint density at radius 1 is 1.11 bits per heavy atom. The Balaban J connectivity index is 2.19. The number of aryl methyl sites for hydroxylation is 3. The molecule has 0 atom stereocenters. The number of furan rings is 1. The third-order valence-corrected chi connectivity index (χ3v) is 2.81. The van der Waals surface area contributed by atoms with Crippen molar-refractivity contribution < 1.29 is 9.21 Å². The van der Waals surface area contributed by atoms with Gasteiger partial charge in [-0.25, -0.2) is 0 Å². The zero-order chi connectivity index (χ0) is 13.1. The molecule has 0 saturated carbocycles. The van der Waals surface area contributed by atoms with Crippen LogP contribution in [0.3, 0.4) is 0 Å². The van der Waals surface area contributed by atoms with Crippen molar-refractivity contribution in [2.75, 3.05) is 0 Å². The van der Waals surface area contributed by atoms with E-state index in [0.717, 1.165) is 22.5 Å². The Kier molecular flexibility index (Phi) is 3.47. The number of hydrogen-bond acceptors (Lipinski definition) is 2. The van der Waals surface area contributed by atoms with Gasteiger partial charge in [-0.05, 0) is 50.6 Å². The monoisotopic (exact) mass is 240 g/mol. The van der Waals surface area contributed by atoms with Crippen LogP contribution in [0.2, 0.25) is 0 Å².